The second-order valence-corrected chi connectivity index (χ2v) is 7.62. The second kappa shape index (κ2) is 9.51. The predicted octanol–water partition coefficient (Wildman–Crippen LogP) is 3.66. The van der Waals surface area contributed by atoms with Crippen LogP contribution in [-0.2, 0) is 17.7 Å². The number of hydrogen-bond acceptors (Lipinski definition) is 5. The van der Waals surface area contributed by atoms with Crippen LogP contribution >= 0.6 is 0 Å². The number of nitrogens with one attached hydrogen (secondary N) is 1. The maximum Gasteiger partial charge on any atom is 0.336 e. The van der Waals surface area contributed by atoms with Gasteiger partial charge in [0, 0.05) is 43.7 Å². The molecule has 2 heterocycles. The van der Waals surface area contributed by atoms with Crippen LogP contribution in [0.3, 0.4) is 0 Å². The van der Waals surface area contributed by atoms with Crippen molar-refractivity contribution in [1.82, 2.24) is 10.2 Å². The van der Waals surface area contributed by atoms with Gasteiger partial charge in [0.2, 0.25) is 0 Å². The summed E-state index contributed by atoms with van der Waals surface area (Å²) in [5.74, 6) is -0.235. The monoisotopic (exact) mass is 410 g/mol. The van der Waals surface area contributed by atoms with Crippen molar-refractivity contribution in [3.8, 4) is 0 Å². The van der Waals surface area contributed by atoms with Gasteiger partial charge in [0.25, 0.3) is 0 Å². The molecule has 1 aliphatic heterocycles. The normalized spacial score (nSPS) is 16.1. The number of ether oxygens (including phenoxy) is 1. The summed E-state index contributed by atoms with van der Waals surface area (Å²) in [7, 11) is 0. The number of halogens is 1. The van der Waals surface area contributed by atoms with Crippen LogP contribution < -0.4 is 10.9 Å². The van der Waals surface area contributed by atoms with Crippen LogP contribution in [0.1, 0.15) is 29.7 Å². The molecule has 0 radical (unpaired) electrons. The molecule has 1 aromatic heterocycles. The molecule has 158 valence electrons. The summed E-state index contributed by atoms with van der Waals surface area (Å²) in [6.45, 7) is 6.37. The number of aryl methyl sites for hydroxylation is 1. The zero-order valence-corrected chi connectivity index (χ0v) is 17.2. The molecule has 4 rings (SSSR count). The van der Waals surface area contributed by atoms with E-state index in [0.717, 1.165) is 41.6 Å². The third-order valence-corrected chi connectivity index (χ3v) is 5.70. The van der Waals surface area contributed by atoms with Crippen molar-refractivity contribution in [3.05, 3.63) is 81.5 Å². The zero-order valence-electron chi connectivity index (χ0n) is 17.2. The highest BCUT2D eigenvalue weighted by atomic mass is 19.1. The Morgan fingerprint density at radius 3 is 2.60 bits per heavy atom. The van der Waals surface area contributed by atoms with Crippen LogP contribution in [0.4, 0.5) is 4.39 Å². The van der Waals surface area contributed by atoms with Crippen molar-refractivity contribution in [2.75, 3.05) is 32.8 Å². The van der Waals surface area contributed by atoms with Crippen LogP contribution in [0.5, 0.6) is 0 Å². The van der Waals surface area contributed by atoms with Gasteiger partial charge in [0.05, 0.1) is 13.2 Å². The quantitative estimate of drug-likeness (QED) is 0.603. The third kappa shape index (κ3) is 4.78. The molecule has 1 atom stereocenters. The van der Waals surface area contributed by atoms with Crippen LogP contribution in [-0.4, -0.2) is 37.7 Å². The Morgan fingerprint density at radius 1 is 1.10 bits per heavy atom. The Balaban J connectivity index is 1.53. The van der Waals surface area contributed by atoms with Crippen LogP contribution in [0.15, 0.2) is 57.7 Å². The number of rotatable bonds is 7. The molecule has 0 unspecified atom stereocenters. The minimum atomic E-state index is -0.337. The first kappa shape index (κ1) is 20.7. The van der Waals surface area contributed by atoms with E-state index >= 15 is 0 Å². The molecule has 3 aromatic rings. The first-order valence-electron chi connectivity index (χ1n) is 10.5. The fourth-order valence-electron chi connectivity index (χ4n) is 4.02. The first-order chi connectivity index (χ1) is 14.6. The van der Waals surface area contributed by atoms with Gasteiger partial charge < -0.3 is 14.5 Å². The van der Waals surface area contributed by atoms with E-state index in [1.807, 2.05) is 24.3 Å². The van der Waals surface area contributed by atoms with E-state index in [1.54, 1.807) is 6.07 Å². The highest BCUT2D eigenvalue weighted by Crippen LogP contribution is 2.23. The van der Waals surface area contributed by atoms with Gasteiger partial charge in [-0.25, -0.2) is 9.18 Å². The second-order valence-electron chi connectivity index (χ2n) is 7.62. The molecule has 1 aliphatic rings. The van der Waals surface area contributed by atoms with Gasteiger partial charge in [-0.15, -0.1) is 0 Å². The summed E-state index contributed by atoms with van der Waals surface area (Å²) < 4.78 is 24.3. The Bertz CT molecular complexity index is 1040. The summed E-state index contributed by atoms with van der Waals surface area (Å²) in [6, 6.07) is 14.4. The fourth-order valence-corrected chi connectivity index (χ4v) is 4.02. The van der Waals surface area contributed by atoms with Gasteiger partial charge in [-0.05, 0) is 41.3 Å². The van der Waals surface area contributed by atoms with Gasteiger partial charge in [0.15, 0.2) is 0 Å². The molecule has 0 saturated carbocycles. The topological polar surface area (TPSA) is 54.7 Å². The number of morpholine rings is 1. The van der Waals surface area contributed by atoms with Gasteiger partial charge in [0.1, 0.15) is 11.4 Å². The number of fused-ring (bicyclic) bond motifs is 1. The van der Waals surface area contributed by atoms with Gasteiger partial charge >= 0.3 is 5.63 Å². The lowest BCUT2D eigenvalue weighted by Gasteiger charge is -2.35. The van der Waals surface area contributed by atoms with Crippen LogP contribution in [0, 0.1) is 5.82 Å². The molecular formula is C24H27FN2O3. The van der Waals surface area contributed by atoms with Gasteiger partial charge in [-0.2, -0.15) is 0 Å². The number of hydrogen-bond donors (Lipinski definition) is 1. The van der Waals surface area contributed by atoms with Gasteiger partial charge in [-0.3, -0.25) is 4.90 Å². The summed E-state index contributed by atoms with van der Waals surface area (Å²) in [4.78, 5) is 14.4. The van der Waals surface area contributed by atoms with E-state index < -0.39 is 0 Å². The summed E-state index contributed by atoms with van der Waals surface area (Å²) >= 11 is 0. The predicted molar refractivity (Wildman–Crippen MR) is 115 cm³/mol. The van der Waals surface area contributed by atoms with Crippen molar-refractivity contribution in [1.29, 1.82) is 0 Å². The number of benzene rings is 2. The van der Waals surface area contributed by atoms with E-state index in [4.69, 9.17) is 9.15 Å². The first-order valence-corrected chi connectivity index (χ1v) is 10.5. The molecule has 0 amide bonds. The van der Waals surface area contributed by atoms with Crippen LogP contribution in [0.25, 0.3) is 11.0 Å². The lowest BCUT2D eigenvalue weighted by atomic mass is 10.0. The Labute approximate surface area is 175 Å². The molecule has 1 fully saturated rings. The molecule has 0 aliphatic carbocycles. The van der Waals surface area contributed by atoms with E-state index in [9.17, 15) is 9.18 Å². The molecular weight excluding hydrogens is 383 g/mol. The van der Waals surface area contributed by atoms with Crippen molar-refractivity contribution in [2.45, 2.75) is 25.9 Å². The molecule has 2 aromatic carbocycles. The SMILES string of the molecule is CCc1ccc2c(CNC[C@H](c3ccc(F)cc3)N3CCOCC3)cc(=O)oc2c1. The smallest absolute Gasteiger partial charge is 0.336 e. The third-order valence-electron chi connectivity index (χ3n) is 5.70. The highest BCUT2D eigenvalue weighted by Gasteiger charge is 2.22. The molecule has 0 spiro atoms. The average Bonchev–Trinajstić information content (AvgIpc) is 2.77. The largest absolute Gasteiger partial charge is 0.423 e. The maximum atomic E-state index is 13.4. The Kier molecular flexibility index (Phi) is 6.57. The molecule has 0 bridgehead atoms. The van der Waals surface area contributed by atoms with Crippen LogP contribution in [0.2, 0.25) is 0 Å². The highest BCUT2D eigenvalue weighted by molar-refractivity contribution is 5.80. The van der Waals surface area contributed by atoms with E-state index in [1.165, 1.54) is 12.1 Å². The Morgan fingerprint density at radius 2 is 1.87 bits per heavy atom. The summed E-state index contributed by atoms with van der Waals surface area (Å²) in [5.41, 5.74) is 3.41. The Hall–Kier alpha value is -2.54. The van der Waals surface area contributed by atoms with Gasteiger partial charge in [-0.1, -0.05) is 31.2 Å². The van der Waals surface area contributed by atoms with Crippen molar-refractivity contribution in [2.24, 2.45) is 0 Å². The molecule has 30 heavy (non-hydrogen) atoms. The number of nitrogens with zero attached hydrogens (tertiary/aromatic N) is 1. The summed E-state index contributed by atoms with van der Waals surface area (Å²) in [5, 5.41) is 4.45. The molecule has 1 N–H and O–H groups in total. The maximum absolute atomic E-state index is 13.4. The molecule has 6 heteroatoms. The lowest BCUT2D eigenvalue weighted by molar-refractivity contribution is 0.0161. The van der Waals surface area contributed by atoms with E-state index in [-0.39, 0.29) is 17.5 Å². The summed E-state index contributed by atoms with van der Waals surface area (Å²) in [6.07, 6.45) is 0.890. The zero-order chi connectivity index (χ0) is 20.9. The van der Waals surface area contributed by atoms with E-state index in [2.05, 4.69) is 23.2 Å². The minimum Gasteiger partial charge on any atom is -0.423 e. The average molecular weight is 410 g/mol. The standard InChI is InChI=1S/C24H27FN2O3/c1-2-17-3-8-21-19(14-24(28)30-23(21)13-17)15-26-16-22(27-9-11-29-12-10-27)18-4-6-20(25)7-5-18/h3-8,13-14,22,26H,2,9-12,15-16H2,1H3/t22-/m1/s1. The lowest BCUT2D eigenvalue weighted by Crippen LogP contribution is -2.42. The fraction of sp³-hybridized carbons (Fsp3) is 0.375. The van der Waals surface area contributed by atoms with Crippen molar-refractivity contribution in [3.63, 3.8) is 0 Å². The van der Waals surface area contributed by atoms with Crippen molar-refractivity contribution >= 4 is 11.0 Å². The van der Waals surface area contributed by atoms with E-state index in [0.29, 0.717) is 31.9 Å². The van der Waals surface area contributed by atoms with Crippen molar-refractivity contribution < 1.29 is 13.5 Å². The molecule has 1 saturated heterocycles. The molecule has 5 nitrogen and oxygen atoms in total. The minimum absolute atomic E-state index is 0.104.